The van der Waals surface area contributed by atoms with Gasteiger partial charge in [0.2, 0.25) is 5.91 Å². The van der Waals surface area contributed by atoms with Crippen LogP contribution in [0.15, 0.2) is 48.5 Å². The van der Waals surface area contributed by atoms with Crippen molar-refractivity contribution in [3.05, 3.63) is 65.2 Å². The van der Waals surface area contributed by atoms with Gasteiger partial charge in [-0.2, -0.15) is 11.8 Å². The van der Waals surface area contributed by atoms with Crippen LogP contribution in [-0.2, 0) is 22.6 Å². The van der Waals surface area contributed by atoms with Gasteiger partial charge in [-0.25, -0.2) is 9.59 Å². The van der Waals surface area contributed by atoms with Gasteiger partial charge in [0.15, 0.2) is 0 Å². The van der Waals surface area contributed by atoms with Gasteiger partial charge in [-0.15, -0.1) is 0 Å². The lowest BCUT2D eigenvalue weighted by molar-refractivity contribution is -0.118. The molecule has 1 aliphatic heterocycles. The molecule has 3 N–H and O–H groups in total. The van der Waals surface area contributed by atoms with E-state index in [1.165, 1.54) is 4.90 Å². The Balaban J connectivity index is 1.70. The fourth-order valence-corrected chi connectivity index (χ4v) is 4.96. The Kier molecular flexibility index (Phi) is 9.25. The summed E-state index contributed by atoms with van der Waals surface area (Å²) in [5.74, 6) is 0.371. The quantitative estimate of drug-likeness (QED) is 0.442. The number of ether oxygens (including phenoxy) is 1. The van der Waals surface area contributed by atoms with E-state index in [-0.39, 0.29) is 24.0 Å². The first kappa shape index (κ1) is 27.4. The van der Waals surface area contributed by atoms with Crippen molar-refractivity contribution in [2.45, 2.75) is 52.3 Å². The molecule has 3 amide bonds. The normalized spacial score (nSPS) is 16.0. The number of alkyl carbamates (subject to hydrolysis) is 1. The number of benzene rings is 2. The Labute approximate surface area is 216 Å². The fourth-order valence-electron chi connectivity index (χ4n) is 4.49. The van der Waals surface area contributed by atoms with Crippen LogP contribution in [0.25, 0.3) is 0 Å². The summed E-state index contributed by atoms with van der Waals surface area (Å²) in [6, 6.07) is 13.9. The van der Waals surface area contributed by atoms with Crippen molar-refractivity contribution in [2.75, 3.05) is 23.9 Å². The van der Waals surface area contributed by atoms with Gasteiger partial charge in [0.1, 0.15) is 12.6 Å². The number of fused-ring (bicyclic) bond motifs is 1. The number of hydrogen-bond acceptors (Lipinski definition) is 5. The van der Waals surface area contributed by atoms with E-state index in [1.807, 2.05) is 69.5 Å². The Bertz CT molecular complexity index is 1070. The zero-order valence-corrected chi connectivity index (χ0v) is 22.1. The summed E-state index contributed by atoms with van der Waals surface area (Å²) in [7, 11) is 0. The molecule has 1 aliphatic rings. The average Bonchev–Trinajstić information content (AvgIpc) is 2.84. The van der Waals surface area contributed by atoms with E-state index >= 15 is 0 Å². The SMILES string of the molecule is CSCC[C@H](NC(=O)OCc1ccccc1)C(=O)Nc1ccc2c(c1)CCN(C(=O)O)[C@@H]2C(C)(C)C. The minimum Gasteiger partial charge on any atom is -0.465 e. The van der Waals surface area contributed by atoms with Crippen LogP contribution < -0.4 is 10.6 Å². The van der Waals surface area contributed by atoms with Crippen LogP contribution in [0.3, 0.4) is 0 Å². The van der Waals surface area contributed by atoms with Gasteiger partial charge in [-0.3, -0.25) is 4.79 Å². The van der Waals surface area contributed by atoms with Crippen molar-refractivity contribution in [2.24, 2.45) is 5.41 Å². The van der Waals surface area contributed by atoms with Crippen molar-refractivity contribution >= 4 is 35.5 Å². The highest BCUT2D eigenvalue weighted by Gasteiger charge is 2.38. The minimum atomic E-state index is -0.931. The number of carbonyl (C=O) groups excluding carboxylic acids is 2. The molecule has 0 radical (unpaired) electrons. The van der Waals surface area contributed by atoms with Crippen LogP contribution in [0, 0.1) is 5.41 Å². The molecule has 0 aliphatic carbocycles. The number of hydrogen-bond donors (Lipinski definition) is 3. The maximum absolute atomic E-state index is 13.1. The maximum atomic E-state index is 13.1. The molecule has 2 aromatic carbocycles. The van der Waals surface area contributed by atoms with Gasteiger partial charge in [-0.05, 0) is 59.1 Å². The first-order chi connectivity index (χ1) is 17.1. The van der Waals surface area contributed by atoms with E-state index < -0.39 is 18.2 Å². The zero-order valence-electron chi connectivity index (χ0n) is 21.2. The number of nitrogens with zero attached hydrogens (tertiary/aromatic N) is 1. The summed E-state index contributed by atoms with van der Waals surface area (Å²) in [5, 5.41) is 15.3. The minimum absolute atomic E-state index is 0.122. The summed E-state index contributed by atoms with van der Waals surface area (Å²) >= 11 is 1.59. The Hall–Kier alpha value is -3.20. The van der Waals surface area contributed by atoms with Gasteiger partial charge in [-0.1, -0.05) is 57.2 Å². The Morgan fingerprint density at radius 2 is 1.89 bits per heavy atom. The van der Waals surface area contributed by atoms with Gasteiger partial charge < -0.3 is 25.4 Å². The van der Waals surface area contributed by atoms with E-state index in [4.69, 9.17) is 4.74 Å². The van der Waals surface area contributed by atoms with Crippen LogP contribution >= 0.6 is 11.8 Å². The van der Waals surface area contributed by atoms with Crippen molar-refractivity contribution in [3.8, 4) is 0 Å². The summed E-state index contributed by atoms with van der Waals surface area (Å²) in [6.45, 7) is 6.59. The highest BCUT2D eigenvalue weighted by Crippen LogP contribution is 2.42. The van der Waals surface area contributed by atoms with E-state index in [9.17, 15) is 19.5 Å². The van der Waals surface area contributed by atoms with Crippen LogP contribution in [0.4, 0.5) is 15.3 Å². The number of amides is 3. The summed E-state index contributed by atoms with van der Waals surface area (Å²) in [6.07, 6.45) is 1.39. The molecular formula is C27H35N3O5S. The molecule has 0 fully saturated rings. The molecule has 36 heavy (non-hydrogen) atoms. The smallest absolute Gasteiger partial charge is 0.408 e. The molecule has 0 unspecified atom stereocenters. The summed E-state index contributed by atoms with van der Waals surface area (Å²) in [5.41, 5.74) is 3.16. The van der Waals surface area contributed by atoms with Gasteiger partial charge in [0, 0.05) is 12.2 Å². The van der Waals surface area contributed by atoms with Crippen LogP contribution in [0.5, 0.6) is 0 Å². The monoisotopic (exact) mass is 513 g/mol. The third-order valence-corrected chi connectivity index (χ3v) is 6.78. The summed E-state index contributed by atoms with van der Waals surface area (Å²) < 4.78 is 5.30. The van der Waals surface area contributed by atoms with Crippen molar-refractivity contribution in [3.63, 3.8) is 0 Å². The van der Waals surface area contributed by atoms with E-state index in [2.05, 4.69) is 10.6 Å². The van der Waals surface area contributed by atoms with E-state index in [1.54, 1.807) is 17.8 Å². The molecule has 0 spiro atoms. The predicted molar refractivity (Wildman–Crippen MR) is 142 cm³/mol. The molecule has 3 rings (SSSR count). The molecule has 1 heterocycles. The van der Waals surface area contributed by atoms with Crippen molar-refractivity contribution in [1.29, 1.82) is 0 Å². The van der Waals surface area contributed by atoms with Crippen LogP contribution in [-0.4, -0.2) is 52.7 Å². The molecule has 8 nitrogen and oxygen atoms in total. The molecule has 0 bridgehead atoms. The molecule has 0 saturated heterocycles. The van der Waals surface area contributed by atoms with Gasteiger partial charge in [0.25, 0.3) is 0 Å². The highest BCUT2D eigenvalue weighted by molar-refractivity contribution is 7.98. The lowest BCUT2D eigenvalue weighted by Gasteiger charge is -2.43. The van der Waals surface area contributed by atoms with Crippen LogP contribution in [0.1, 0.15) is 49.9 Å². The van der Waals surface area contributed by atoms with Crippen molar-refractivity contribution in [1.82, 2.24) is 10.2 Å². The molecule has 2 atom stereocenters. The molecule has 0 aromatic heterocycles. The third kappa shape index (κ3) is 7.16. The van der Waals surface area contributed by atoms with Gasteiger partial charge >= 0.3 is 12.2 Å². The average molecular weight is 514 g/mol. The standard InChI is InChI=1S/C27H35N3O5S/c1-27(2,3)23-21-11-10-20(16-19(21)12-14-30(23)26(33)34)28-24(31)22(13-15-36-4)29-25(32)35-17-18-8-6-5-7-9-18/h5-11,16,22-23H,12-15,17H2,1-4H3,(H,28,31)(H,29,32)(H,33,34)/t22-,23-/m0/s1. The summed E-state index contributed by atoms with van der Waals surface area (Å²) in [4.78, 5) is 38.8. The van der Waals surface area contributed by atoms with Crippen molar-refractivity contribution < 1.29 is 24.2 Å². The maximum Gasteiger partial charge on any atom is 0.408 e. The number of rotatable bonds is 8. The second kappa shape index (κ2) is 12.2. The first-order valence-electron chi connectivity index (χ1n) is 12.0. The van der Waals surface area contributed by atoms with E-state index in [0.29, 0.717) is 30.8 Å². The molecule has 0 saturated carbocycles. The zero-order chi connectivity index (χ0) is 26.3. The second-order valence-corrected chi connectivity index (χ2v) is 10.9. The molecule has 9 heteroatoms. The Morgan fingerprint density at radius 3 is 2.53 bits per heavy atom. The number of nitrogens with one attached hydrogen (secondary N) is 2. The fraction of sp³-hybridized carbons (Fsp3) is 0.444. The van der Waals surface area contributed by atoms with E-state index in [0.717, 1.165) is 16.7 Å². The second-order valence-electron chi connectivity index (χ2n) is 9.94. The largest absolute Gasteiger partial charge is 0.465 e. The Morgan fingerprint density at radius 1 is 1.17 bits per heavy atom. The number of anilines is 1. The number of carboxylic acid groups (broad SMARTS) is 1. The predicted octanol–water partition coefficient (Wildman–Crippen LogP) is 5.30. The molecular weight excluding hydrogens is 478 g/mol. The number of thioether (sulfide) groups is 1. The molecule has 2 aromatic rings. The lowest BCUT2D eigenvalue weighted by Crippen LogP contribution is -2.45. The first-order valence-corrected chi connectivity index (χ1v) is 13.4. The topological polar surface area (TPSA) is 108 Å². The third-order valence-electron chi connectivity index (χ3n) is 6.14. The van der Waals surface area contributed by atoms with Crippen LogP contribution in [0.2, 0.25) is 0 Å². The highest BCUT2D eigenvalue weighted by atomic mass is 32.2. The molecule has 194 valence electrons. The number of carbonyl (C=O) groups is 3. The van der Waals surface area contributed by atoms with Gasteiger partial charge in [0.05, 0.1) is 6.04 Å². The lowest BCUT2D eigenvalue weighted by atomic mass is 9.77.